The molecule has 1 N–H and O–H groups in total. The van der Waals surface area contributed by atoms with Gasteiger partial charge in [0.2, 0.25) is 4.96 Å². The van der Waals surface area contributed by atoms with Crippen molar-refractivity contribution in [1.82, 2.24) is 19.8 Å². The number of aromatic nitrogens is 4. The maximum Gasteiger partial charge on any atom is 0.329 e. The highest BCUT2D eigenvalue weighted by Gasteiger charge is 2.24. The van der Waals surface area contributed by atoms with Crippen LogP contribution in [0, 0.1) is 0 Å². The van der Waals surface area contributed by atoms with Crippen molar-refractivity contribution in [2.75, 3.05) is 19.8 Å². The van der Waals surface area contributed by atoms with Gasteiger partial charge in [0, 0.05) is 12.5 Å². The zero-order chi connectivity index (χ0) is 13.2. The van der Waals surface area contributed by atoms with Crippen LogP contribution in [0.2, 0.25) is 0 Å². The Morgan fingerprint density at radius 1 is 1.58 bits per heavy atom. The summed E-state index contributed by atoms with van der Waals surface area (Å²) in [6.45, 7) is 1.21. The number of rotatable bonds is 5. The van der Waals surface area contributed by atoms with Gasteiger partial charge in [-0.1, -0.05) is 11.3 Å². The van der Waals surface area contributed by atoms with Crippen LogP contribution in [0.5, 0.6) is 0 Å². The van der Waals surface area contributed by atoms with Crippen molar-refractivity contribution in [3.8, 4) is 0 Å². The monoisotopic (exact) mass is 284 g/mol. The van der Waals surface area contributed by atoms with Gasteiger partial charge in [-0.25, -0.2) is 4.79 Å². The molecule has 0 spiro atoms. The normalized spacial score (nSPS) is 19.3. The fourth-order valence-corrected chi connectivity index (χ4v) is 2.73. The zero-order valence-corrected chi connectivity index (χ0v) is 10.8. The van der Waals surface area contributed by atoms with Gasteiger partial charge in [0.05, 0.1) is 6.61 Å². The topological polar surface area (TPSA) is 98.8 Å². The van der Waals surface area contributed by atoms with E-state index in [0.717, 1.165) is 18.9 Å². The summed E-state index contributed by atoms with van der Waals surface area (Å²) in [7, 11) is 0. The Morgan fingerprint density at radius 2 is 2.47 bits per heavy atom. The molecule has 3 heterocycles. The Balaban J connectivity index is 1.75. The Bertz CT molecular complexity index is 589. The molecule has 2 aromatic rings. The first kappa shape index (κ1) is 12.5. The smallest absolute Gasteiger partial charge is 0.329 e. The fraction of sp³-hybridized carbons (Fsp3) is 0.600. The average Bonchev–Trinajstić information content (AvgIpc) is 3.01. The second-order valence-electron chi connectivity index (χ2n) is 4.20. The van der Waals surface area contributed by atoms with Crippen LogP contribution >= 0.6 is 11.3 Å². The first-order valence-electron chi connectivity index (χ1n) is 5.82. The van der Waals surface area contributed by atoms with Gasteiger partial charge in [-0.2, -0.15) is 9.61 Å². The number of nitrogens with zero attached hydrogens (tertiary/aromatic N) is 4. The van der Waals surface area contributed by atoms with E-state index in [9.17, 15) is 4.79 Å². The summed E-state index contributed by atoms with van der Waals surface area (Å²) < 4.78 is 12.0. The molecule has 0 radical (unpaired) electrons. The van der Waals surface area contributed by atoms with Crippen molar-refractivity contribution in [3.05, 3.63) is 10.8 Å². The highest BCUT2D eigenvalue weighted by molar-refractivity contribution is 7.16. The summed E-state index contributed by atoms with van der Waals surface area (Å²) in [4.78, 5) is 11.0. The van der Waals surface area contributed by atoms with Gasteiger partial charge in [0.1, 0.15) is 18.2 Å². The van der Waals surface area contributed by atoms with E-state index in [0.29, 0.717) is 16.6 Å². The van der Waals surface area contributed by atoms with Crippen molar-refractivity contribution in [3.63, 3.8) is 0 Å². The molecule has 19 heavy (non-hydrogen) atoms. The van der Waals surface area contributed by atoms with Crippen LogP contribution in [0.3, 0.4) is 0 Å². The molecule has 0 aliphatic carbocycles. The van der Waals surface area contributed by atoms with Crippen LogP contribution in [0.1, 0.15) is 23.2 Å². The van der Waals surface area contributed by atoms with Crippen molar-refractivity contribution >= 4 is 22.3 Å². The highest BCUT2D eigenvalue weighted by atomic mass is 32.1. The standard InChI is InChI=1S/C10H12N4O4S/c15-8(16)5-18-4-7-13-14-9(6-1-2-17-3-6)11-12-10(14)19-7/h6H,1-5H2,(H,15,16). The molecule has 1 aliphatic heterocycles. The van der Waals surface area contributed by atoms with E-state index >= 15 is 0 Å². The lowest BCUT2D eigenvalue weighted by Gasteiger charge is -2.01. The van der Waals surface area contributed by atoms with Gasteiger partial charge in [-0.3, -0.25) is 0 Å². The number of hydrogen-bond donors (Lipinski definition) is 1. The third kappa shape index (κ3) is 2.57. The van der Waals surface area contributed by atoms with Crippen LogP contribution < -0.4 is 0 Å². The summed E-state index contributed by atoms with van der Waals surface area (Å²) >= 11 is 1.35. The third-order valence-electron chi connectivity index (χ3n) is 2.80. The van der Waals surface area contributed by atoms with E-state index in [-0.39, 0.29) is 19.1 Å². The van der Waals surface area contributed by atoms with Crippen LogP contribution in [-0.4, -0.2) is 50.7 Å². The molecule has 9 heteroatoms. The number of aliphatic carboxylic acids is 1. The lowest BCUT2D eigenvalue weighted by Crippen LogP contribution is -2.07. The lowest BCUT2D eigenvalue weighted by molar-refractivity contribution is -0.142. The molecule has 0 aromatic carbocycles. The quantitative estimate of drug-likeness (QED) is 0.842. The molecule has 8 nitrogen and oxygen atoms in total. The van der Waals surface area contributed by atoms with Crippen molar-refractivity contribution in [2.24, 2.45) is 0 Å². The van der Waals surface area contributed by atoms with Crippen LogP contribution in [0.15, 0.2) is 0 Å². The first-order valence-corrected chi connectivity index (χ1v) is 6.64. The van der Waals surface area contributed by atoms with Crippen LogP contribution in [0.4, 0.5) is 0 Å². The molecule has 1 unspecified atom stereocenters. The second-order valence-corrected chi connectivity index (χ2v) is 5.24. The van der Waals surface area contributed by atoms with Gasteiger partial charge in [-0.15, -0.1) is 10.2 Å². The molecule has 1 fully saturated rings. The molecule has 102 valence electrons. The van der Waals surface area contributed by atoms with E-state index in [1.54, 1.807) is 4.52 Å². The number of ether oxygens (including phenoxy) is 2. The van der Waals surface area contributed by atoms with E-state index in [1.165, 1.54) is 11.3 Å². The number of carbonyl (C=O) groups is 1. The highest BCUT2D eigenvalue weighted by Crippen LogP contribution is 2.25. The van der Waals surface area contributed by atoms with Gasteiger partial charge >= 0.3 is 5.97 Å². The molecule has 1 saturated heterocycles. The SMILES string of the molecule is O=C(O)COCc1nn2c(C3CCOC3)nnc2s1. The maximum atomic E-state index is 10.4. The summed E-state index contributed by atoms with van der Waals surface area (Å²) in [5, 5.41) is 21.7. The second kappa shape index (κ2) is 5.19. The van der Waals surface area contributed by atoms with Crippen molar-refractivity contribution < 1.29 is 19.4 Å². The van der Waals surface area contributed by atoms with Crippen LogP contribution in [0.25, 0.3) is 4.96 Å². The first-order chi connectivity index (χ1) is 9.24. The zero-order valence-electron chi connectivity index (χ0n) is 9.98. The Hall–Kier alpha value is -1.58. The summed E-state index contributed by atoms with van der Waals surface area (Å²) in [5.41, 5.74) is 0. The maximum absolute atomic E-state index is 10.4. The predicted molar refractivity (Wildman–Crippen MR) is 64.1 cm³/mol. The van der Waals surface area contributed by atoms with Crippen molar-refractivity contribution in [2.45, 2.75) is 18.9 Å². The van der Waals surface area contributed by atoms with Gasteiger partial charge in [-0.05, 0) is 6.42 Å². The summed E-state index contributed by atoms with van der Waals surface area (Å²) in [5.74, 6) is 0.0323. The number of fused-ring (bicyclic) bond motifs is 1. The van der Waals surface area contributed by atoms with Crippen molar-refractivity contribution in [1.29, 1.82) is 0 Å². The predicted octanol–water partition coefficient (Wildman–Crippen LogP) is 0.291. The minimum Gasteiger partial charge on any atom is -0.480 e. The molecule has 0 saturated carbocycles. The van der Waals surface area contributed by atoms with Crippen LogP contribution in [-0.2, 0) is 20.9 Å². The molecule has 2 aromatic heterocycles. The van der Waals surface area contributed by atoms with Gasteiger partial charge in [0.15, 0.2) is 5.82 Å². The Labute approximate surface area is 112 Å². The Morgan fingerprint density at radius 3 is 3.21 bits per heavy atom. The summed E-state index contributed by atoms with van der Waals surface area (Å²) in [6.07, 6.45) is 0.920. The van der Waals surface area contributed by atoms with E-state index in [4.69, 9.17) is 14.6 Å². The van der Waals surface area contributed by atoms with E-state index in [2.05, 4.69) is 15.3 Å². The van der Waals surface area contributed by atoms with Gasteiger partial charge in [0.25, 0.3) is 0 Å². The molecule has 1 aliphatic rings. The fourth-order valence-electron chi connectivity index (χ4n) is 1.95. The van der Waals surface area contributed by atoms with E-state index in [1.807, 2.05) is 0 Å². The average molecular weight is 284 g/mol. The molecule has 1 atom stereocenters. The third-order valence-corrected chi connectivity index (χ3v) is 3.68. The molecular formula is C10H12N4O4S. The van der Waals surface area contributed by atoms with E-state index < -0.39 is 5.97 Å². The Kier molecular flexibility index (Phi) is 3.40. The molecule has 0 bridgehead atoms. The number of carboxylic acids is 1. The molecule has 0 amide bonds. The summed E-state index contributed by atoms with van der Waals surface area (Å²) in [6, 6.07) is 0. The molecule has 3 rings (SSSR count). The largest absolute Gasteiger partial charge is 0.480 e. The minimum absolute atomic E-state index is 0.168. The lowest BCUT2D eigenvalue weighted by atomic mass is 10.1. The number of hydrogen-bond acceptors (Lipinski definition) is 7. The van der Waals surface area contributed by atoms with Gasteiger partial charge < -0.3 is 14.6 Å². The molecular weight excluding hydrogens is 272 g/mol. The number of carboxylic acid groups (broad SMARTS) is 1. The minimum atomic E-state index is -0.994.